The zero-order valence-electron chi connectivity index (χ0n) is 9.79. The third-order valence-corrected chi connectivity index (χ3v) is 2.45. The van der Waals surface area contributed by atoms with E-state index in [9.17, 15) is 4.79 Å². The van der Waals surface area contributed by atoms with Gasteiger partial charge in [0, 0.05) is 31.7 Å². The number of hydrogen-bond acceptors (Lipinski definition) is 3. The Labute approximate surface area is 96.2 Å². The molecule has 1 amide bonds. The normalized spacial score (nSPS) is 12.2. The van der Waals surface area contributed by atoms with Gasteiger partial charge in [-0.15, -0.1) is 0 Å². The molecule has 1 aromatic carbocycles. The number of hydrogen-bond donors (Lipinski definition) is 3. The number of benzene rings is 1. The van der Waals surface area contributed by atoms with Crippen LogP contribution in [0.3, 0.4) is 0 Å². The number of amides is 1. The summed E-state index contributed by atoms with van der Waals surface area (Å²) >= 11 is 0. The highest BCUT2D eigenvalue weighted by Crippen LogP contribution is 2.04. The van der Waals surface area contributed by atoms with E-state index >= 15 is 0 Å². The highest BCUT2D eigenvalue weighted by Gasteiger charge is 2.02. The van der Waals surface area contributed by atoms with Gasteiger partial charge < -0.3 is 16.4 Å². The van der Waals surface area contributed by atoms with E-state index in [1.165, 1.54) is 0 Å². The Bertz CT molecular complexity index is 335. The molecule has 0 radical (unpaired) electrons. The molecule has 0 aliphatic heterocycles. The van der Waals surface area contributed by atoms with E-state index < -0.39 is 0 Å². The van der Waals surface area contributed by atoms with E-state index in [0.29, 0.717) is 18.2 Å². The lowest BCUT2D eigenvalue weighted by Crippen LogP contribution is -2.32. The van der Waals surface area contributed by atoms with Gasteiger partial charge in [0.15, 0.2) is 0 Å². The highest BCUT2D eigenvalue weighted by molar-refractivity contribution is 5.93. The van der Waals surface area contributed by atoms with Crippen molar-refractivity contribution in [2.75, 3.05) is 13.6 Å². The summed E-state index contributed by atoms with van der Waals surface area (Å²) in [6.45, 7) is 3.43. The van der Waals surface area contributed by atoms with Crippen LogP contribution in [0, 0.1) is 0 Å². The molecule has 4 N–H and O–H groups in total. The Morgan fingerprint density at radius 2 is 2.00 bits per heavy atom. The molecular formula is C12H19N3O. The fraction of sp³-hybridized carbons (Fsp3) is 0.417. The van der Waals surface area contributed by atoms with Gasteiger partial charge in [-0.3, -0.25) is 4.79 Å². The van der Waals surface area contributed by atoms with Gasteiger partial charge in [-0.05, 0) is 24.6 Å². The summed E-state index contributed by atoms with van der Waals surface area (Å²) in [5.41, 5.74) is 7.33. The van der Waals surface area contributed by atoms with Crippen LogP contribution in [0.2, 0.25) is 0 Å². The van der Waals surface area contributed by atoms with Crippen molar-refractivity contribution in [3.05, 3.63) is 35.4 Å². The van der Waals surface area contributed by atoms with Crippen LogP contribution in [-0.4, -0.2) is 25.5 Å². The van der Waals surface area contributed by atoms with Gasteiger partial charge >= 0.3 is 0 Å². The number of nitrogens with two attached hydrogens (primary N) is 1. The predicted molar refractivity (Wildman–Crippen MR) is 65.2 cm³/mol. The zero-order valence-corrected chi connectivity index (χ0v) is 9.79. The first-order valence-corrected chi connectivity index (χ1v) is 5.42. The highest BCUT2D eigenvalue weighted by atomic mass is 16.1. The SMILES string of the molecule is CNC(=O)c1ccc(CNC(C)CN)cc1. The average molecular weight is 221 g/mol. The molecule has 1 atom stereocenters. The van der Waals surface area contributed by atoms with Crippen LogP contribution in [0.1, 0.15) is 22.8 Å². The van der Waals surface area contributed by atoms with E-state index in [1.807, 2.05) is 31.2 Å². The topological polar surface area (TPSA) is 67.2 Å². The third-order valence-electron chi connectivity index (χ3n) is 2.45. The molecule has 4 nitrogen and oxygen atoms in total. The number of carbonyl (C=O) groups excluding carboxylic acids is 1. The summed E-state index contributed by atoms with van der Waals surface area (Å²) in [6, 6.07) is 7.84. The monoisotopic (exact) mass is 221 g/mol. The van der Waals surface area contributed by atoms with Gasteiger partial charge in [0.05, 0.1) is 0 Å². The van der Waals surface area contributed by atoms with E-state index in [1.54, 1.807) is 7.05 Å². The number of nitrogens with one attached hydrogen (secondary N) is 2. The fourth-order valence-electron chi connectivity index (χ4n) is 1.29. The largest absolute Gasteiger partial charge is 0.355 e. The van der Waals surface area contributed by atoms with Crippen molar-refractivity contribution in [1.82, 2.24) is 10.6 Å². The Morgan fingerprint density at radius 3 is 2.50 bits per heavy atom. The molecule has 1 rings (SSSR count). The second kappa shape index (κ2) is 6.25. The first-order valence-electron chi connectivity index (χ1n) is 5.42. The number of carbonyl (C=O) groups is 1. The van der Waals surface area contributed by atoms with Gasteiger partial charge in [0.2, 0.25) is 0 Å². The molecule has 0 spiro atoms. The van der Waals surface area contributed by atoms with Crippen LogP contribution in [0.25, 0.3) is 0 Å². The third kappa shape index (κ3) is 3.64. The quantitative estimate of drug-likeness (QED) is 0.677. The summed E-state index contributed by atoms with van der Waals surface area (Å²) < 4.78 is 0. The van der Waals surface area contributed by atoms with Crippen molar-refractivity contribution in [2.45, 2.75) is 19.5 Å². The molecule has 0 heterocycles. The molecule has 88 valence electrons. The molecule has 0 aliphatic rings. The maximum atomic E-state index is 11.3. The minimum atomic E-state index is -0.0603. The van der Waals surface area contributed by atoms with Gasteiger partial charge in [-0.2, -0.15) is 0 Å². The van der Waals surface area contributed by atoms with E-state index in [4.69, 9.17) is 5.73 Å². The lowest BCUT2D eigenvalue weighted by atomic mass is 10.1. The molecule has 1 aromatic rings. The maximum absolute atomic E-state index is 11.3. The Kier molecular flexibility index (Phi) is 4.95. The second-order valence-corrected chi connectivity index (χ2v) is 3.79. The molecule has 4 heteroatoms. The molecule has 0 fully saturated rings. The van der Waals surface area contributed by atoms with E-state index in [-0.39, 0.29) is 5.91 Å². The minimum absolute atomic E-state index is 0.0603. The molecule has 1 unspecified atom stereocenters. The van der Waals surface area contributed by atoms with Gasteiger partial charge in [0.25, 0.3) is 5.91 Å². The van der Waals surface area contributed by atoms with Crippen LogP contribution < -0.4 is 16.4 Å². The molecule has 16 heavy (non-hydrogen) atoms. The van der Waals surface area contributed by atoms with Gasteiger partial charge in [0.1, 0.15) is 0 Å². The minimum Gasteiger partial charge on any atom is -0.355 e. The summed E-state index contributed by atoms with van der Waals surface area (Å²) in [5, 5.41) is 5.87. The lowest BCUT2D eigenvalue weighted by molar-refractivity contribution is 0.0963. The van der Waals surface area contributed by atoms with Crippen molar-refractivity contribution >= 4 is 5.91 Å². The maximum Gasteiger partial charge on any atom is 0.251 e. The Hall–Kier alpha value is -1.39. The van der Waals surface area contributed by atoms with Crippen molar-refractivity contribution < 1.29 is 4.79 Å². The van der Waals surface area contributed by atoms with Crippen molar-refractivity contribution in [2.24, 2.45) is 5.73 Å². The van der Waals surface area contributed by atoms with Crippen LogP contribution in [0.15, 0.2) is 24.3 Å². The number of rotatable bonds is 5. The van der Waals surface area contributed by atoms with Crippen molar-refractivity contribution in [3.8, 4) is 0 Å². The smallest absolute Gasteiger partial charge is 0.251 e. The summed E-state index contributed by atoms with van der Waals surface area (Å²) in [7, 11) is 1.63. The van der Waals surface area contributed by atoms with Crippen LogP contribution in [-0.2, 0) is 6.54 Å². The van der Waals surface area contributed by atoms with Crippen LogP contribution in [0.5, 0.6) is 0 Å². The summed E-state index contributed by atoms with van der Waals surface area (Å²) in [6.07, 6.45) is 0. The standard InChI is InChI=1S/C12H19N3O/c1-9(7-13)15-8-10-3-5-11(6-4-10)12(16)14-2/h3-6,9,15H,7-8,13H2,1-2H3,(H,14,16). The van der Waals surface area contributed by atoms with E-state index in [0.717, 1.165) is 12.1 Å². The van der Waals surface area contributed by atoms with Crippen molar-refractivity contribution in [1.29, 1.82) is 0 Å². The second-order valence-electron chi connectivity index (χ2n) is 3.79. The molecule has 0 saturated carbocycles. The molecule has 0 saturated heterocycles. The van der Waals surface area contributed by atoms with Crippen molar-refractivity contribution in [3.63, 3.8) is 0 Å². The van der Waals surface area contributed by atoms with E-state index in [2.05, 4.69) is 10.6 Å². The predicted octanol–water partition coefficient (Wildman–Crippen LogP) is 0.483. The van der Waals surface area contributed by atoms with Crippen LogP contribution >= 0.6 is 0 Å². The summed E-state index contributed by atoms with van der Waals surface area (Å²) in [5.74, 6) is -0.0603. The average Bonchev–Trinajstić information content (AvgIpc) is 2.35. The first kappa shape index (κ1) is 12.7. The Balaban J connectivity index is 2.54. The van der Waals surface area contributed by atoms with Gasteiger partial charge in [-0.25, -0.2) is 0 Å². The van der Waals surface area contributed by atoms with Crippen LogP contribution in [0.4, 0.5) is 0 Å². The molecular weight excluding hydrogens is 202 g/mol. The molecule has 0 aromatic heterocycles. The molecule has 0 aliphatic carbocycles. The zero-order chi connectivity index (χ0) is 12.0. The first-order chi connectivity index (χ1) is 7.67. The lowest BCUT2D eigenvalue weighted by Gasteiger charge is -2.11. The van der Waals surface area contributed by atoms with Gasteiger partial charge in [-0.1, -0.05) is 12.1 Å². The molecule has 0 bridgehead atoms. The summed E-state index contributed by atoms with van der Waals surface area (Å²) in [4.78, 5) is 11.3. The Morgan fingerprint density at radius 1 is 1.38 bits per heavy atom. The fourth-order valence-corrected chi connectivity index (χ4v) is 1.29.